The average molecular weight is 1740 g/mol. The van der Waals surface area contributed by atoms with Crippen molar-refractivity contribution in [3.63, 3.8) is 0 Å². The van der Waals surface area contributed by atoms with Gasteiger partial charge in [-0.05, 0) is 188 Å². The number of carbonyl (C=O) groups excluding carboxylic acids is 10. The molecule has 17 rings (SSSR count). The summed E-state index contributed by atoms with van der Waals surface area (Å²) in [7, 11) is 0. The first kappa shape index (κ1) is 88.6. The summed E-state index contributed by atoms with van der Waals surface area (Å²) in [4.78, 5) is 153. The highest BCUT2D eigenvalue weighted by molar-refractivity contribution is 6.32. The van der Waals surface area contributed by atoms with Crippen LogP contribution < -0.4 is 66.2 Å². The quantitative estimate of drug-likeness (QED) is 0.0267. The van der Waals surface area contributed by atoms with E-state index in [4.69, 9.17) is 56.4 Å². The van der Waals surface area contributed by atoms with Crippen molar-refractivity contribution in [3.05, 3.63) is 140 Å². The van der Waals surface area contributed by atoms with Gasteiger partial charge in [0.25, 0.3) is 5.91 Å². The van der Waals surface area contributed by atoms with E-state index in [0.29, 0.717) is 44.4 Å². The first-order valence-corrected chi connectivity index (χ1v) is 42.6. The highest BCUT2D eigenvalue weighted by Crippen LogP contribution is 2.58. The van der Waals surface area contributed by atoms with Crippen molar-refractivity contribution < 1.29 is 117 Å². The molecule has 656 valence electrons. The molecule has 14 atom stereocenters. The summed E-state index contributed by atoms with van der Waals surface area (Å²) in [6.07, 6.45) is -11.7. The van der Waals surface area contributed by atoms with Crippen LogP contribution in [-0.2, 0) is 47.8 Å². The number of aliphatic hydroxyl groups excluding tert-OH is 4. The van der Waals surface area contributed by atoms with E-state index in [1.165, 1.54) is 60.7 Å². The lowest BCUT2D eigenvalue weighted by atomic mass is 9.51. The summed E-state index contributed by atoms with van der Waals surface area (Å²) in [5, 5.41) is 106. The molecule has 6 aromatic rings. The molecule has 32 nitrogen and oxygen atoms in total. The van der Waals surface area contributed by atoms with Crippen molar-refractivity contribution >= 4 is 82.1 Å². The van der Waals surface area contributed by atoms with Crippen LogP contribution in [-0.4, -0.2) is 183 Å². The summed E-state index contributed by atoms with van der Waals surface area (Å²) in [5.74, 6) is -16.6. The maximum atomic E-state index is 16.7. The Hall–Kier alpha value is -10.7. The van der Waals surface area contributed by atoms with E-state index in [-0.39, 0.29) is 134 Å². The number of carbonyl (C=O) groups is 10. The minimum absolute atomic E-state index is 0.0487. The lowest BCUT2D eigenvalue weighted by Gasteiger charge is -2.54. The number of ether oxygens (including phenoxy) is 7. The number of rotatable bonds is 23. The molecular formula is C89H102Cl2N8O24. The number of phenolic OH excluding ortho intramolecular Hbond substituents is 3. The smallest absolute Gasteiger partial charge is 0.407 e. The van der Waals surface area contributed by atoms with Gasteiger partial charge in [-0.25, -0.2) is 4.79 Å². The third-order valence-corrected chi connectivity index (χ3v) is 25.2. The van der Waals surface area contributed by atoms with Gasteiger partial charge in [-0.1, -0.05) is 76.0 Å². The van der Waals surface area contributed by atoms with E-state index in [2.05, 4.69) is 42.5 Å². The van der Waals surface area contributed by atoms with Crippen molar-refractivity contribution in [3.8, 4) is 68.6 Å². The second-order valence-electron chi connectivity index (χ2n) is 33.5. The molecule has 0 radical (unpaired) electrons. The first-order valence-electron chi connectivity index (χ1n) is 41.9. The maximum Gasteiger partial charge on any atom is 0.407 e. The average Bonchev–Trinajstić information content (AvgIpc) is 0.756. The molecule has 6 aromatic carbocycles. The number of halogens is 2. The van der Waals surface area contributed by atoms with Gasteiger partial charge in [0.2, 0.25) is 41.6 Å². The monoisotopic (exact) mass is 1740 g/mol. The van der Waals surface area contributed by atoms with Gasteiger partial charge in [0.1, 0.15) is 108 Å². The zero-order chi connectivity index (χ0) is 87.5. The molecule has 7 amide bonds. The Morgan fingerprint density at radius 3 is 1.86 bits per heavy atom. The number of aromatic hydroxyl groups is 3. The largest absolute Gasteiger partial charge is 0.508 e. The van der Waals surface area contributed by atoms with Crippen molar-refractivity contribution in [2.45, 2.75) is 178 Å². The number of ketones is 3. The summed E-state index contributed by atoms with van der Waals surface area (Å²) in [6, 6.07) is 11.5. The minimum Gasteiger partial charge on any atom is -0.508 e. The van der Waals surface area contributed by atoms with E-state index >= 15 is 33.6 Å². The first-order chi connectivity index (χ1) is 58.9. The second kappa shape index (κ2) is 38.2. The summed E-state index contributed by atoms with van der Waals surface area (Å²) < 4.78 is 43.6. The van der Waals surface area contributed by atoms with Crippen LogP contribution in [0.3, 0.4) is 0 Å². The number of nitrogens with one attached hydrogen (secondary N) is 8. The molecule has 4 saturated carbocycles. The molecule has 0 spiro atoms. The van der Waals surface area contributed by atoms with E-state index in [1.807, 2.05) is 27.7 Å². The number of phenols is 3. The molecule has 7 aliphatic heterocycles. The van der Waals surface area contributed by atoms with Crippen molar-refractivity contribution in [2.75, 3.05) is 45.9 Å². The van der Waals surface area contributed by atoms with Gasteiger partial charge in [-0.3, -0.25) is 48.5 Å². The number of imide groups is 1. The molecular weight excluding hydrogens is 1640 g/mol. The second-order valence-corrected chi connectivity index (χ2v) is 34.4. The molecule has 34 heteroatoms. The van der Waals surface area contributed by atoms with Crippen molar-refractivity contribution in [1.29, 1.82) is 0 Å². The highest BCUT2D eigenvalue weighted by atomic mass is 35.5. The Morgan fingerprint density at radius 1 is 0.626 bits per heavy atom. The fraction of sp³-hybridized carbons (Fsp3) is 0.483. The molecule has 2 saturated heterocycles. The number of likely N-dealkylation sites (N-methyl/N-ethyl adjacent to an activating group) is 2. The number of alkyl carbamates (subject to hydrolysis) is 1. The van der Waals surface area contributed by atoms with Gasteiger partial charge in [0.05, 0.1) is 28.4 Å². The van der Waals surface area contributed by atoms with Gasteiger partial charge in [-0.15, -0.1) is 0 Å². The Labute approximate surface area is 718 Å². The predicted molar refractivity (Wildman–Crippen MR) is 442 cm³/mol. The number of hydrogen-bond donors (Lipinski definition) is 15. The molecule has 15 N–H and O–H groups in total. The van der Waals surface area contributed by atoms with E-state index in [0.717, 1.165) is 62.4 Å². The van der Waals surface area contributed by atoms with Gasteiger partial charge in [0.15, 0.2) is 35.0 Å². The normalized spacial score (nSPS) is 27.4. The third-order valence-electron chi connectivity index (χ3n) is 24.6. The van der Waals surface area contributed by atoms with Crippen LogP contribution >= 0.6 is 23.2 Å². The minimum atomic E-state index is -2.23. The predicted octanol–water partition coefficient (Wildman–Crippen LogP) is 8.43. The van der Waals surface area contributed by atoms with Crippen LogP contribution in [0.1, 0.15) is 174 Å². The van der Waals surface area contributed by atoms with Crippen LogP contribution in [0.15, 0.2) is 97.1 Å². The van der Waals surface area contributed by atoms with E-state index in [9.17, 15) is 50.1 Å². The summed E-state index contributed by atoms with van der Waals surface area (Å²) in [6.45, 7) is 11.4. The number of benzene rings is 6. The van der Waals surface area contributed by atoms with Crippen LogP contribution in [0.2, 0.25) is 10.0 Å². The Kier molecular flexibility index (Phi) is 27.5. The molecule has 15 bridgehead atoms. The third kappa shape index (κ3) is 19.8. The van der Waals surface area contributed by atoms with Crippen LogP contribution in [0, 0.1) is 47.3 Å². The van der Waals surface area contributed by atoms with Gasteiger partial charge < -0.3 is 106 Å². The summed E-state index contributed by atoms with van der Waals surface area (Å²) in [5.41, 5.74) is -1.73. The fourth-order valence-electron chi connectivity index (χ4n) is 18.7. The topological polar surface area (TPSA) is 473 Å². The van der Waals surface area contributed by atoms with Gasteiger partial charge >= 0.3 is 6.09 Å². The van der Waals surface area contributed by atoms with E-state index in [1.54, 1.807) is 13.0 Å². The Bertz CT molecular complexity index is 5010. The van der Waals surface area contributed by atoms with Gasteiger partial charge in [-0.2, -0.15) is 0 Å². The van der Waals surface area contributed by atoms with Crippen molar-refractivity contribution in [2.24, 2.45) is 47.3 Å². The molecule has 11 aliphatic rings. The zero-order valence-corrected chi connectivity index (χ0v) is 69.9. The lowest BCUT2D eigenvalue weighted by Crippen LogP contribution is -2.65. The van der Waals surface area contributed by atoms with E-state index < -0.39 is 197 Å². The number of aliphatic hydroxyl groups is 4. The molecule has 6 fully saturated rings. The molecule has 123 heavy (non-hydrogen) atoms. The Balaban J connectivity index is 0.940. The Morgan fingerprint density at radius 2 is 1.25 bits per heavy atom. The molecule has 0 unspecified atom stereocenters. The van der Waals surface area contributed by atoms with Crippen LogP contribution in [0.4, 0.5) is 4.79 Å². The number of hydrogen-bond acceptors (Lipinski definition) is 26. The molecule has 4 aliphatic carbocycles. The number of fused-ring (bicyclic) bond motifs is 16. The molecule has 7 heterocycles. The SMILES string of the molecule is CCNCCOc1cc(OCCNCC)cc(C(=O)NC(=O)C[C@@H]2CC(=O)[C@H](NC(=O)[C@H](CC)CC(C)C)[C@H](O)c3ccc(c(Cl)c3)Oc3cc4cc(c3O[C@@H]3O[C@@H]5CNC(=O)O[C@H]5[C@H](O)[C@H]3O)Oc3ccc(cc3Cl)[C@@H](O)[C@@H]3NC(=O)[C@H](CC(=O)[C@@H]4NC2=O)c2ccc(O)c(c2)-c2c(O)cc(O)cc2[C@@H](C(=O)CC2C4CC5CC(C4)CC2C5)NC3=O)c1. The fourth-order valence-corrected chi connectivity index (χ4v) is 19.1. The lowest BCUT2D eigenvalue weighted by molar-refractivity contribution is -0.275. The van der Waals surface area contributed by atoms with Crippen LogP contribution in [0.25, 0.3) is 11.1 Å². The number of Topliss-reactive ketones (excluding diaryl/α,β-unsaturated/α-hetero) is 3. The number of amides is 7. The zero-order valence-electron chi connectivity index (χ0n) is 68.3. The summed E-state index contributed by atoms with van der Waals surface area (Å²) >= 11 is 14.5. The van der Waals surface area contributed by atoms with Crippen molar-refractivity contribution in [1.82, 2.24) is 42.5 Å². The van der Waals surface area contributed by atoms with Gasteiger partial charge in [0, 0.05) is 73.5 Å². The standard InChI is InChI=1S/C89H102Cl2N8O24/c1-6-43(19-40(4)5)83(111)98-75-63(103)30-51(33-71(106)95-84(112)50-25-53(117-17-15-92-7-2)36-54(26-50)118-18-16-93-8-3)85(113)96-73-49-31-68(119-66-13-10-45(77(75)107)28-59(66)90)81(122-88-80(110)79(109)82-70(121-88)39-94-89(116)123-82)69(32-49)120-67-14-11-46(29-60(67)91)78(108)76-87(115)97-74(65(105)37-55-47-21-41-20-42(23-47)24-48(55)22-41)58-34-52(100)35-62(102)72(58)57-27-44(9-12-61(57)101)56(38-64(73)104)86(114)99-76/h9-14,25-29,31-32,34-36,40-43,47-48,51,55-56,70,73-80,82,88,92-93,100-102,107-110H,6-8,15-24,30,33,37-39H2,1-5H3,(H,94,116)(H,96,113)(H,97,115)(H,98,111)(H,99,114)(H,95,106,112)/t41?,42?,43-,47?,48?,51+,55?,56-,70-,73-,74+,75+,76+,77-,78-,79-,80-,82-,88+/m1/s1. The maximum absolute atomic E-state index is 16.7. The molecule has 0 aromatic heterocycles. The highest BCUT2D eigenvalue weighted by Gasteiger charge is 2.53. The van der Waals surface area contributed by atoms with Crippen LogP contribution in [0.5, 0.6) is 57.5 Å².